The Balaban J connectivity index is 1.43. The first-order valence-corrected chi connectivity index (χ1v) is 10.7. The summed E-state index contributed by atoms with van der Waals surface area (Å²) in [6.45, 7) is 4.49. The molecule has 1 saturated heterocycles. The SMILES string of the molecule is CC(=Nc1ccccc1C(N)=O)N1CCN(C(=O)c2cccc(-c3ccccc3)c2)CC1. The molecule has 0 unspecified atom stereocenters. The maximum absolute atomic E-state index is 13.1. The average molecular weight is 427 g/mol. The number of benzene rings is 3. The van der Waals surface area contributed by atoms with Crippen LogP contribution in [0.4, 0.5) is 5.69 Å². The number of hydrogen-bond acceptors (Lipinski definition) is 3. The van der Waals surface area contributed by atoms with Gasteiger partial charge in [-0.1, -0.05) is 54.6 Å². The van der Waals surface area contributed by atoms with Crippen molar-refractivity contribution < 1.29 is 9.59 Å². The second kappa shape index (κ2) is 9.47. The van der Waals surface area contributed by atoms with E-state index in [4.69, 9.17) is 5.73 Å². The van der Waals surface area contributed by atoms with Gasteiger partial charge in [-0.25, -0.2) is 4.99 Å². The second-order valence-electron chi connectivity index (χ2n) is 7.77. The molecular formula is C26H26N4O2. The summed E-state index contributed by atoms with van der Waals surface area (Å²) >= 11 is 0. The molecule has 4 rings (SSSR count). The van der Waals surface area contributed by atoms with Gasteiger partial charge in [0.25, 0.3) is 11.8 Å². The van der Waals surface area contributed by atoms with E-state index in [9.17, 15) is 9.59 Å². The Labute approximate surface area is 188 Å². The van der Waals surface area contributed by atoms with Crippen molar-refractivity contribution in [1.29, 1.82) is 0 Å². The number of piperazine rings is 1. The van der Waals surface area contributed by atoms with Gasteiger partial charge < -0.3 is 15.5 Å². The number of hydrogen-bond donors (Lipinski definition) is 1. The molecule has 0 saturated carbocycles. The van der Waals surface area contributed by atoms with E-state index in [1.54, 1.807) is 18.2 Å². The number of para-hydroxylation sites is 1. The Hall–Kier alpha value is -3.93. The summed E-state index contributed by atoms with van der Waals surface area (Å²) in [7, 11) is 0. The molecule has 162 valence electrons. The van der Waals surface area contributed by atoms with E-state index in [-0.39, 0.29) is 5.91 Å². The fraction of sp³-hybridized carbons (Fsp3) is 0.192. The van der Waals surface area contributed by atoms with E-state index < -0.39 is 5.91 Å². The van der Waals surface area contributed by atoms with Crippen molar-refractivity contribution in [2.24, 2.45) is 10.7 Å². The lowest BCUT2D eigenvalue weighted by Crippen LogP contribution is -2.50. The maximum Gasteiger partial charge on any atom is 0.253 e. The third kappa shape index (κ3) is 4.70. The van der Waals surface area contributed by atoms with E-state index in [2.05, 4.69) is 9.89 Å². The number of carbonyl (C=O) groups is 2. The molecule has 2 N–H and O–H groups in total. The van der Waals surface area contributed by atoms with Gasteiger partial charge in [0.15, 0.2) is 0 Å². The molecule has 0 bridgehead atoms. The number of primary amides is 1. The highest BCUT2D eigenvalue weighted by Crippen LogP contribution is 2.22. The van der Waals surface area contributed by atoms with Crippen molar-refractivity contribution in [2.75, 3.05) is 26.2 Å². The highest BCUT2D eigenvalue weighted by atomic mass is 16.2. The summed E-state index contributed by atoms with van der Waals surface area (Å²) in [6, 6.07) is 24.9. The minimum atomic E-state index is -0.495. The fourth-order valence-electron chi connectivity index (χ4n) is 3.90. The van der Waals surface area contributed by atoms with Crippen LogP contribution in [-0.2, 0) is 0 Å². The molecule has 32 heavy (non-hydrogen) atoms. The molecule has 1 heterocycles. The molecule has 3 aromatic carbocycles. The van der Waals surface area contributed by atoms with Crippen LogP contribution in [0.3, 0.4) is 0 Å². The molecule has 1 aliphatic rings. The lowest BCUT2D eigenvalue weighted by molar-refractivity contribution is 0.0691. The molecule has 1 aliphatic heterocycles. The Morgan fingerprint density at radius 2 is 1.41 bits per heavy atom. The normalized spacial score (nSPS) is 14.3. The van der Waals surface area contributed by atoms with Crippen LogP contribution in [0.2, 0.25) is 0 Å². The fourth-order valence-corrected chi connectivity index (χ4v) is 3.90. The van der Waals surface area contributed by atoms with Gasteiger partial charge in [-0.3, -0.25) is 9.59 Å². The van der Waals surface area contributed by atoms with Gasteiger partial charge in [-0.15, -0.1) is 0 Å². The van der Waals surface area contributed by atoms with Crippen molar-refractivity contribution in [3.8, 4) is 11.1 Å². The van der Waals surface area contributed by atoms with Gasteiger partial charge in [0.05, 0.1) is 11.3 Å². The number of carbonyl (C=O) groups excluding carboxylic acids is 2. The van der Waals surface area contributed by atoms with Gasteiger partial charge in [0.2, 0.25) is 0 Å². The number of amidine groups is 1. The molecule has 6 heteroatoms. The average Bonchev–Trinajstić information content (AvgIpc) is 2.84. The lowest BCUT2D eigenvalue weighted by Gasteiger charge is -2.36. The molecular weight excluding hydrogens is 400 g/mol. The molecule has 3 aromatic rings. The van der Waals surface area contributed by atoms with E-state index in [0.29, 0.717) is 43.0 Å². The van der Waals surface area contributed by atoms with Crippen LogP contribution in [0, 0.1) is 0 Å². The zero-order chi connectivity index (χ0) is 22.5. The Kier molecular flexibility index (Phi) is 6.31. The van der Waals surface area contributed by atoms with Gasteiger partial charge in [-0.2, -0.15) is 0 Å². The van der Waals surface area contributed by atoms with Crippen LogP contribution in [0.25, 0.3) is 11.1 Å². The number of aliphatic imine (C=N–C) groups is 1. The Morgan fingerprint density at radius 1 is 0.781 bits per heavy atom. The van der Waals surface area contributed by atoms with Crippen LogP contribution < -0.4 is 5.73 Å². The second-order valence-corrected chi connectivity index (χ2v) is 7.77. The number of nitrogens with two attached hydrogens (primary N) is 1. The number of rotatable bonds is 4. The minimum Gasteiger partial charge on any atom is -0.366 e. The summed E-state index contributed by atoms with van der Waals surface area (Å²) in [4.78, 5) is 33.4. The van der Waals surface area contributed by atoms with E-state index >= 15 is 0 Å². The largest absolute Gasteiger partial charge is 0.366 e. The Bertz CT molecular complexity index is 1150. The topological polar surface area (TPSA) is 79.0 Å². The number of amides is 2. The van der Waals surface area contributed by atoms with E-state index in [1.807, 2.05) is 72.5 Å². The minimum absolute atomic E-state index is 0.0381. The van der Waals surface area contributed by atoms with Crippen molar-refractivity contribution in [2.45, 2.75) is 6.92 Å². The van der Waals surface area contributed by atoms with Crippen molar-refractivity contribution >= 4 is 23.3 Å². The molecule has 2 amide bonds. The van der Waals surface area contributed by atoms with E-state index in [0.717, 1.165) is 17.0 Å². The predicted molar refractivity (Wildman–Crippen MR) is 127 cm³/mol. The smallest absolute Gasteiger partial charge is 0.253 e. The van der Waals surface area contributed by atoms with Crippen LogP contribution in [-0.4, -0.2) is 53.6 Å². The first-order valence-electron chi connectivity index (χ1n) is 10.7. The quantitative estimate of drug-likeness (QED) is 0.507. The zero-order valence-electron chi connectivity index (χ0n) is 18.1. The first kappa shape index (κ1) is 21.3. The maximum atomic E-state index is 13.1. The summed E-state index contributed by atoms with van der Waals surface area (Å²) in [5.41, 5.74) is 9.24. The van der Waals surface area contributed by atoms with Gasteiger partial charge >= 0.3 is 0 Å². The van der Waals surface area contributed by atoms with Crippen molar-refractivity contribution in [1.82, 2.24) is 9.80 Å². The molecule has 1 fully saturated rings. The molecule has 0 radical (unpaired) electrons. The summed E-state index contributed by atoms with van der Waals surface area (Å²) in [5, 5.41) is 0. The van der Waals surface area contributed by atoms with Crippen LogP contribution in [0.5, 0.6) is 0 Å². The molecule has 0 aromatic heterocycles. The number of nitrogens with zero attached hydrogens (tertiary/aromatic N) is 3. The highest BCUT2D eigenvalue weighted by molar-refractivity contribution is 5.99. The first-order chi connectivity index (χ1) is 15.5. The zero-order valence-corrected chi connectivity index (χ0v) is 18.1. The van der Waals surface area contributed by atoms with Gasteiger partial charge in [0, 0.05) is 31.7 Å². The monoisotopic (exact) mass is 426 g/mol. The lowest BCUT2D eigenvalue weighted by atomic mass is 10.0. The predicted octanol–water partition coefficient (Wildman–Crippen LogP) is 3.96. The molecule has 6 nitrogen and oxygen atoms in total. The summed E-state index contributed by atoms with van der Waals surface area (Å²) in [6.07, 6.45) is 0. The summed E-state index contributed by atoms with van der Waals surface area (Å²) < 4.78 is 0. The van der Waals surface area contributed by atoms with Crippen LogP contribution >= 0.6 is 0 Å². The Morgan fingerprint density at radius 3 is 2.12 bits per heavy atom. The highest BCUT2D eigenvalue weighted by Gasteiger charge is 2.23. The van der Waals surface area contributed by atoms with Crippen molar-refractivity contribution in [3.63, 3.8) is 0 Å². The van der Waals surface area contributed by atoms with Crippen LogP contribution in [0.1, 0.15) is 27.6 Å². The van der Waals surface area contributed by atoms with E-state index in [1.165, 1.54) is 0 Å². The van der Waals surface area contributed by atoms with Gasteiger partial charge in [-0.05, 0) is 42.3 Å². The standard InChI is InChI=1S/C26H26N4O2/c1-19(28-24-13-6-5-12-23(24)25(27)31)29-14-16-30(17-15-29)26(32)22-11-7-10-21(18-22)20-8-3-2-4-9-20/h2-13,18H,14-17H2,1H3,(H2,27,31). The van der Waals surface area contributed by atoms with Crippen LogP contribution in [0.15, 0.2) is 83.9 Å². The van der Waals surface area contributed by atoms with Gasteiger partial charge in [0.1, 0.15) is 5.84 Å². The molecule has 0 spiro atoms. The third-order valence-corrected chi connectivity index (χ3v) is 5.69. The van der Waals surface area contributed by atoms with Crippen molar-refractivity contribution in [3.05, 3.63) is 90.0 Å². The molecule has 0 aliphatic carbocycles. The third-order valence-electron chi connectivity index (χ3n) is 5.69. The molecule has 0 atom stereocenters. The summed E-state index contributed by atoms with van der Waals surface area (Å²) in [5.74, 6) is 0.346.